The van der Waals surface area contributed by atoms with Crippen LogP contribution in [0.4, 0.5) is 0 Å². The number of nitrogens with one attached hydrogen (secondary N) is 2. The molecule has 2 amide bonds. The molecule has 18 heavy (non-hydrogen) atoms. The Balaban J connectivity index is 2.24. The molecular formula is C13H23N3O2. The molecule has 1 rings (SSSR count). The van der Waals surface area contributed by atoms with E-state index < -0.39 is 0 Å². The number of nitrogens with zero attached hydrogens (tertiary/aromatic N) is 1. The Morgan fingerprint density at radius 2 is 2.00 bits per heavy atom. The second-order valence-corrected chi connectivity index (χ2v) is 4.99. The number of amides is 2. The van der Waals surface area contributed by atoms with Crippen LogP contribution in [-0.2, 0) is 9.59 Å². The summed E-state index contributed by atoms with van der Waals surface area (Å²) in [6.07, 6.45) is 3.06. The minimum Gasteiger partial charge on any atom is -0.353 e. The van der Waals surface area contributed by atoms with Crippen molar-refractivity contribution in [2.75, 3.05) is 19.6 Å². The summed E-state index contributed by atoms with van der Waals surface area (Å²) < 4.78 is 0. The standard InChI is InChI=1S/C13H23N3O2/c1-4-12(17)15-11-5-7-16(8-6-11)9-13(18)14-10(2)3/h4,10-11H,1,5-9H2,2-3H3,(H,14,18)(H,15,17). The molecule has 0 atom stereocenters. The van der Waals surface area contributed by atoms with Crippen molar-refractivity contribution < 1.29 is 9.59 Å². The highest BCUT2D eigenvalue weighted by Gasteiger charge is 2.21. The quantitative estimate of drug-likeness (QED) is 0.692. The fourth-order valence-electron chi connectivity index (χ4n) is 2.07. The maximum Gasteiger partial charge on any atom is 0.243 e. The summed E-state index contributed by atoms with van der Waals surface area (Å²) >= 11 is 0. The van der Waals surface area contributed by atoms with Crippen LogP contribution in [0.1, 0.15) is 26.7 Å². The SMILES string of the molecule is C=CC(=O)NC1CCN(CC(=O)NC(C)C)CC1. The van der Waals surface area contributed by atoms with E-state index in [1.807, 2.05) is 13.8 Å². The predicted molar refractivity (Wildman–Crippen MR) is 71.1 cm³/mol. The van der Waals surface area contributed by atoms with Crippen LogP contribution in [0.15, 0.2) is 12.7 Å². The Morgan fingerprint density at radius 3 is 2.50 bits per heavy atom. The van der Waals surface area contributed by atoms with Gasteiger partial charge in [0.25, 0.3) is 0 Å². The van der Waals surface area contributed by atoms with Crippen molar-refractivity contribution in [1.29, 1.82) is 0 Å². The maximum atomic E-state index is 11.6. The Labute approximate surface area is 109 Å². The van der Waals surface area contributed by atoms with Gasteiger partial charge in [-0.1, -0.05) is 6.58 Å². The summed E-state index contributed by atoms with van der Waals surface area (Å²) in [6.45, 7) is 9.47. The molecule has 1 aliphatic rings. The highest BCUT2D eigenvalue weighted by Crippen LogP contribution is 2.09. The molecule has 0 aromatic heterocycles. The van der Waals surface area contributed by atoms with Gasteiger partial charge in [-0.05, 0) is 32.8 Å². The topological polar surface area (TPSA) is 61.4 Å². The van der Waals surface area contributed by atoms with Crippen LogP contribution >= 0.6 is 0 Å². The summed E-state index contributed by atoms with van der Waals surface area (Å²) in [4.78, 5) is 24.9. The molecule has 1 fully saturated rings. The summed E-state index contributed by atoms with van der Waals surface area (Å²) in [5.74, 6) is -0.0513. The van der Waals surface area contributed by atoms with E-state index in [0.29, 0.717) is 6.54 Å². The van der Waals surface area contributed by atoms with Gasteiger partial charge in [-0.25, -0.2) is 0 Å². The molecule has 0 bridgehead atoms. The van der Waals surface area contributed by atoms with E-state index in [1.165, 1.54) is 6.08 Å². The minimum atomic E-state index is -0.119. The van der Waals surface area contributed by atoms with Crippen molar-refractivity contribution in [3.05, 3.63) is 12.7 Å². The largest absolute Gasteiger partial charge is 0.353 e. The van der Waals surface area contributed by atoms with Gasteiger partial charge in [0.05, 0.1) is 6.54 Å². The van der Waals surface area contributed by atoms with Gasteiger partial charge in [0, 0.05) is 25.2 Å². The molecule has 0 aliphatic carbocycles. The van der Waals surface area contributed by atoms with E-state index in [9.17, 15) is 9.59 Å². The minimum absolute atomic E-state index is 0.0681. The molecule has 0 aromatic rings. The van der Waals surface area contributed by atoms with Crippen LogP contribution in [0.2, 0.25) is 0 Å². The first-order chi connectivity index (χ1) is 8.51. The normalized spacial score (nSPS) is 17.5. The van der Waals surface area contributed by atoms with Crippen LogP contribution in [0.25, 0.3) is 0 Å². The molecule has 102 valence electrons. The van der Waals surface area contributed by atoms with Gasteiger partial charge >= 0.3 is 0 Å². The summed E-state index contributed by atoms with van der Waals surface area (Å²) in [6, 6.07) is 0.391. The molecule has 0 unspecified atom stereocenters. The van der Waals surface area contributed by atoms with Gasteiger partial charge in [-0.15, -0.1) is 0 Å². The molecule has 0 spiro atoms. The summed E-state index contributed by atoms with van der Waals surface area (Å²) in [5, 5.41) is 5.77. The van der Waals surface area contributed by atoms with Crippen molar-refractivity contribution in [3.63, 3.8) is 0 Å². The van der Waals surface area contributed by atoms with Crippen molar-refractivity contribution in [2.24, 2.45) is 0 Å². The number of hydrogen-bond donors (Lipinski definition) is 2. The molecule has 0 aromatic carbocycles. The highest BCUT2D eigenvalue weighted by molar-refractivity contribution is 5.87. The lowest BCUT2D eigenvalue weighted by Crippen LogP contribution is -2.47. The Morgan fingerprint density at radius 1 is 1.39 bits per heavy atom. The lowest BCUT2D eigenvalue weighted by molar-refractivity contribution is -0.123. The van der Waals surface area contributed by atoms with Crippen molar-refractivity contribution in [3.8, 4) is 0 Å². The van der Waals surface area contributed by atoms with Crippen LogP contribution in [-0.4, -0.2) is 48.4 Å². The van der Waals surface area contributed by atoms with Gasteiger partial charge in [0.1, 0.15) is 0 Å². The van der Waals surface area contributed by atoms with E-state index >= 15 is 0 Å². The highest BCUT2D eigenvalue weighted by atomic mass is 16.2. The number of piperidine rings is 1. The molecular weight excluding hydrogens is 230 g/mol. The molecule has 1 heterocycles. The third-order valence-electron chi connectivity index (χ3n) is 2.94. The first kappa shape index (κ1) is 14.7. The monoisotopic (exact) mass is 253 g/mol. The van der Waals surface area contributed by atoms with Crippen LogP contribution in [0.5, 0.6) is 0 Å². The van der Waals surface area contributed by atoms with E-state index in [2.05, 4.69) is 22.1 Å². The zero-order chi connectivity index (χ0) is 13.5. The average Bonchev–Trinajstić information content (AvgIpc) is 2.30. The van der Waals surface area contributed by atoms with E-state index in [4.69, 9.17) is 0 Å². The number of likely N-dealkylation sites (tertiary alicyclic amines) is 1. The number of rotatable bonds is 5. The number of hydrogen-bond acceptors (Lipinski definition) is 3. The van der Waals surface area contributed by atoms with Gasteiger partial charge in [0.2, 0.25) is 11.8 Å². The van der Waals surface area contributed by atoms with Crippen molar-refractivity contribution in [2.45, 2.75) is 38.8 Å². The Bertz CT molecular complexity index is 307. The predicted octanol–water partition coefficient (Wildman–Crippen LogP) is 0.278. The maximum absolute atomic E-state index is 11.6. The molecule has 0 saturated carbocycles. The third kappa shape index (κ3) is 5.31. The fraction of sp³-hybridized carbons (Fsp3) is 0.692. The molecule has 1 aliphatic heterocycles. The van der Waals surface area contributed by atoms with Crippen LogP contribution in [0, 0.1) is 0 Å². The molecule has 2 N–H and O–H groups in total. The molecule has 5 nitrogen and oxygen atoms in total. The van der Waals surface area contributed by atoms with Crippen molar-refractivity contribution >= 4 is 11.8 Å². The molecule has 1 saturated heterocycles. The Hall–Kier alpha value is -1.36. The van der Waals surface area contributed by atoms with Crippen LogP contribution in [0.3, 0.4) is 0 Å². The first-order valence-electron chi connectivity index (χ1n) is 6.46. The van der Waals surface area contributed by atoms with E-state index in [1.54, 1.807) is 0 Å². The first-order valence-corrected chi connectivity index (χ1v) is 6.46. The van der Waals surface area contributed by atoms with Crippen LogP contribution < -0.4 is 10.6 Å². The van der Waals surface area contributed by atoms with Gasteiger partial charge < -0.3 is 10.6 Å². The average molecular weight is 253 g/mol. The smallest absolute Gasteiger partial charge is 0.243 e. The third-order valence-corrected chi connectivity index (χ3v) is 2.94. The number of carbonyl (C=O) groups is 2. The van der Waals surface area contributed by atoms with Gasteiger partial charge in [-0.2, -0.15) is 0 Å². The molecule has 5 heteroatoms. The van der Waals surface area contributed by atoms with E-state index in [0.717, 1.165) is 25.9 Å². The molecule has 0 radical (unpaired) electrons. The van der Waals surface area contributed by atoms with Crippen molar-refractivity contribution in [1.82, 2.24) is 15.5 Å². The summed E-state index contributed by atoms with van der Waals surface area (Å²) in [7, 11) is 0. The Kier molecular flexibility index (Phi) is 5.85. The zero-order valence-electron chi connectivity index (χ0n) is 11.2. The second kappa shape index (κ2) is 7.16. The lowest BCUT2D eigenvalue weighted by atomic mass is 10.1. The second-order valence-electron chi connectivity index (χ2n) is 4.99. The van der Waals surface area contributed by atoms with Gasteiger partial charge in [-0.3, -0.25) is 14.5 Å². The summed E-state index contributed by atoms with van der Waals surface area (Å²) in [5.41, 5.74) is 0. The zero-order valence-corrected chi connectivity index (χ0v) is 11.2. The lowest BCUT2D eigenvalue weighted by Gasteiger charge is -2.31. The number of carbonyl (C=O) groups excluding carboxylic acids is 2. The fourth-order valence-corrected chi connectivity index (χ4v) is 2.07. The van der Waals surface area contributed by atoms with E-state index in [-0.39, 0.29) is 23.9 Å². The van der Waals surface area contributed by atoms with Gasteiger partial charge in [0.15, 0.2) is 0 Å².